The van der Waals surface area contributed by atoms with E-state index in [9.17, 15) is 22.8 Å². The molecule has 3 heterocycles. The number of ether oxygens (including phenoxy) is 1. The predicted molar refractivity (Wildman–Crippen MR) is 127 cm³/mol. The van der Waals surface area contributed by atoms with Crippen LogP contribution in [-0.2, 0) is 15.7 Å². The number of likely N-dealkylation sites (tertiary alicyclic amines) is 1. The molecule has 1 atom stereocenters. The molecule has 0 spiro atoms. The van der Waals surface area contributed by atoms with Gasteiger partial charge in [-0.3, -0.25) is 9.69 Å². The second-order valence-electron chi connectivity index (χ2n) is 9.91. The van der Waals surface area contributed by atoms with Crippen LogP contribution in [0.1, 0.15) is 37.7 Å². The molecule has 194 valence electrons. The van der Waals surface area contributed by atoms with Crippen LogP contribution in [0.25, 0.3) is 10.8 Å². The summed E-state index contributed by atoms with van der Waals surface area (Å²) in [7, 11) is 0. The monoisotopic (exact) mass is 505 g/mol. The highest BCUT2D eigenvalue weighted by atomic mass is 19.4. The van der Waals surface area contributed by atoms with Crippen LogP contribution in [0.15, 0.2) is 30.5 Å². The van der Waals surface area contributed by atoms with E-state index in [0.717, 1.165) is 57.3 Å². The average Bonchev–Trinajstić information content (AvgIpc) is 2.84. The van der Waals surface area contributed by atoms with Crippen molar-refractivity contribution in [2.24, 2.45) is 5.92 Å². The summed E-state index contributed by atoms with van der Waals surface area (Å²) < 4.78 is 44.3. The van der Waals surface area contributed by atoms with Crippen molar-refractivity contribution in [1.29, 1.82) is 0 Å². The van der Waals surface area contributed by atoms with Gasteiger partial charge in [0.25, 0.3) is 0 Å². The van der Waals surface area contributed by atoms with Crippen molar-refractivity contribution in [2.45, 2.75) is 56.4 Å². The van der Waals surface area contributed by atoms with Crippen LogP contribution >= 0.6 is 0 Å². The molecule has 1 aromatic heterocycles. The molecule has 2 saturated heterocycles. The number of carbonyl (C=O) groups is 2. The normalized spacial score (nSPS) is 25.5. The molecule has 2 amide bonds. The predicted octanol–water partition coefficient (Wildman–Crippen LogP) is 3.52. The van der Waals surface area contributed by atoms with E-state index in [1.807, 2.05) is 0 Å². The van der Waals surface area contributed by atoms with Crippen molar-refractivity contribution >= 4 is 28.6 Å². The molecule has 3 fully saturated rings. The van der Waals surface area contributed by atoms with Gasteiger partial charge in [0, 0.05) is 43.2 Å². The summed E-state index contributed by atoms with van der Waals surface area (Å²) in [6.45, 7) is 2.00. The lowest BCUT2D eigenvalue weighted by molar-refractivity contribution is -0.137. The molecule has 1 saturated carbocycles. The molecule has 1 aromatic carbocycles. The van der Waals surface area contributed by atoms with Crippen LogP contribution in [0, 0.1) is 5.92 Å². The molecule has 36 heavy (non-hydrogen) atoms. The third kappa shape index (κ3) is 5.50. The van der Waals surface area contributed by atoms with Gasteiger partial charge in [-0.25, -0.2) is 9.78 Å². The Bertz CT molecular complexity index is 1110. The fourth-order valence-corrected chi connectivity index (χ4v) is 5.60. The van der Waals surface area contributed by atoms with Crippen LogP contribution in [0.5, 0.6) is 0 Å². The first-order valence-electron chi connectivity index (χ1n) is 12.4. The highest BCUT2D eigenvalue weighted by Gasteiger charge is 2.37. The highest BCUT2D eigenvalue weighted by Crippen LogP contribution is 2.34. The number of nitrogens with zero attached hydrogens (tertiary/aromatic N) is 2. The molecule has 1 unspecified atom stereocenters. The number of amides is 2. The van der Waals surface area contributed by atoms with Gasteiger partial charge < -0.3 is 20.7 Å². The van der Waals surface area contributed by atoms with Gasteiger partial charge in [0.2, 0.25) is 5.91 Å². The molecule has 3 aliphatic rings. The quantitative estimate of drug-likeness (QED) is 0.556. The zero-order chi connectivity index (χ0) is 25.3. The van der Waals surface area contributed by atoms with E-state index in [-0.39, 0.29) is 36.4 Å². The van der Waals surface area contributed by atoms with Crippen molar-refractivity contribution < 1.29 is 27.5 Å². The topological polar surface area (TPSA) is 95.6 Å². The summed E-state index contributed by atoms with van der Waals surface area (Å²) in [5.41, 5.74) is -0.753. The van der Waals surface area contributed by atoms with Gasteiger partial charge in [0.15, 0.2) is 0 Å². The minimum absolute atomic E-state index is 0.0594. The number of cyclic esters (lactones) is 1. The number of alkyl carbamates (subject to hydrolysis) is 1. The zero-order valence-corrected chi connectivity index (χ0v) is 19.8. The number of rotatable bonds is 6. The average molecular weight is 506 g/mol. The third-order valence-corrected chi connectivity index (χ3v) is 7.58. The van der Waals surface area contributed by atoms with E-state index in [1.165, 1.54) is 12.3 Å². The van der Waals surface area contributed by atoms with Gasteiger partial charge in [-0.15, -0.1) is 0 Å². The fourth-order valence-electron chi connectivity index (χ4n) is 5.60. The third-order valence-electron chi connectivity index (χ3n) is 7.58. The van der Waals surface area contributed by atoms with Crippen molar-refractivity contribution in [1.82, 2.24) is 20.5 Å². The SMILES string of the molecule is O=C(CNc1nccc2ccc(C(F)(F)F)cc12)NC1CN([C@H]2CC[C@@H](C3CCOC(=O)N3)CC2)C1. The second-order valence-corrected chi connectivity index (χ2v) is 9.91. The molecule has 0 bridgehead atoms. The van der Waals surface area contributed by atoms with Gasteiger partial charge in [-0.05, 0) is 55.2 Å². The Balaban J connectivity index is 1.06. The molecule has 0 radical (unpaired) electrons. The number of nitrogens with one attached hydrogen (secondary N) is 3. The zero-order valence-electron chi connectivity index (χ0n) is 19.8. The Hall–Kier alpha value is -3.08. The minimum Gasteiger partial charge on any atom is -0.449 e. The van der Waals surface area contributed by atoms with Crippen LogP contribution in [0.4, 0.5) is 23.8 Å². The van der Waals surface area contributed by atoms with E-state index in [1.54, 1.807) is 6.07 Å². The Morgan fingerprint density at radius 3 is 2.64 bits per heavy atom. The lowest BCUT2D eigenvalue weighted by Crippen LogP contribution is -2.63. The molecule has 2 aromatic rings. The molecule has 1 aliphatic carbocycles. The number of halogens is 3. The van der Waals surface area contributed by atoms with Crippen molar-refractivity contribution in [3.63, 3.8) is 0 Å². The van der Waals surface area contributed by atoms with E-state index >= 15 is 0 Å². The largest absolute Gasteiger partial charge is 0.449 e. The van der Waals surface area contributed by atoms with E-state index in [0.29, 0.717) is 29.3 Å². The van der Waals surface area contributed by atoms with E-state index < -0.39 is 11.7 Å². The van der Waals surface area contributed by atoms with E-state index in [2.05, 4.69) is 25.8 Å². The molecule has 11 heteroatoms. The number of anilines is 1. The van der Waals surface area contributed by atoms with E-state index in [4.69, 9.17) is 4.74 Å². The molecular formula is C25H30F3N5O3. The molecular weight excluding hydrogens is 475 g/mol. The van der Waals surface area contributed by atoms with Crippen LogP contribution in [0.3, 0.4) is 0 Å². The first-order chi connectivity index (χ1) is 17.3. The van der Waals surface area contributed by atoms with Gasteiger partial charge in [-0.1, -0.05) is 6.07 Å². The number of alkyl halides is 3. The summed E-state index contributed by atoms with van der Waals surface area (Å²) >= 11 is 0. The fraction of sp³-hybridized carbons (Fsp3) is 0.560. The number of hydrogen-bond donors (Lipinski definition) is 3. The number of fused-ring (bicyclic) bond motifs is 1. The maximum atomic E-state index is 13.1. The second kappa shape index (κ2) is 10.1. The lowest BCUT2D eigenvalue weighted by Gasteiger charge is -2.47. The van der Waals surface area contributed by atoms with Gasteiger partial charge >= 0.3 is 12.3 Å². The summed E-state index contributed by atoms with van der Waals surface area (Å²) in [6.07, 6.45) is 1.90. The molecule has 3 N–H and O–H groups in total. The summed E-state index contributed by atoms with van der Waals surface area (Å²) in [6, 6.07) is 5.89. The van der Waals surface area contributed by atoms with Crippen LogP contribution in [0.2, 0.25) is 0 Å². The maximum absolute atomic E-state index is 13.1. The minimum atomic E-state index is -4.45. The van der Waals surface area contributed by atoms with Crippen LogP contribution in [-0.4, -0.2) is 66.3 Å². The smallest absolute Gasteiger partial charge is 0.416 e. The number of hydrogen-bond acceptors (Lipinski definition) is 6. The number of benzene rings is 1. The Kier molecular flexibility index (Phi) is 6.92. The van der Waals surface area contributed by atoms with Crippen LogP contribution < -0.4 is 16.0 Å². The lowest BCUT2D eigenvalue weighted by atomic mass is 9.79. The first kappa shape index (κ1) is 24.6. The van der Waals surface area contributed by atoms with Crippen molar-refractivity contribution in [3.8, 4) is 0 Å². The molecule has 8 nitrogen and oxygen atoms in total. The van der Waals surface area contributed by atoms with Gasteiger partial charge in [0.1, 0.15) is 5.82 Å². The van der Waals surface area contributed by atoms with Crippen molar-refractivity contribution in [2.75, 3.05) is 31.6 Å². The Morgan fingerprint density at radius 1 is 1.14 bits per heavy atom. The summed E-state index contributed by atoms with van der Waals surface area (Å²) in [5.74, 6) is 0.526. The maximum Gasteiger partial charge on any atom is 0.416 e. The Morgan fingerprint density at radius 2 is 1.92 bits per heavy atom. The summed E-state index contributed by atoms with van der Waals surface area (Å²) in [5, 5.41) is 9.77. The molecule has 5 rings (SSSR count). The standard InChI is InChI=1S/C25H30F3N5O3/c26-25(27,28)17-4-1-15-7-9-29-23(20(15)11-17)30-12-22(34)31-18-13-33(14-18)19-5-2-16(3-6-19)21-8-10-36-24(35)32-21/h1,4,7,9,11,16,18-19,21H,2-3,5-6,8,10,12-14H2,(H,29,30)(H,31,34)(H,32,35)/t16-,19+,21?. The Labute approximate surface area is 206 Å². The number of carbonyl (C=O) groups excluding carboxylic acids is 2. The highest BCUT2D eigenvalue weighted by molar-refractivity contribution is 5.93. The number of aromatic nitrogens is 1. The van der Waals surface area contributed by atoms with Gasteiger partial charge in [0.05, 0.1) is 24.8 Å². The summed E-state index contributed by atoms with van der Waals surface area (Å²) in [4.78, 5) is 30.5. The van der Waals surface area contributed by atoms with Crippen molar-refractivity contribution in [3.05, 3.63) is 36.0 Å². The number of pyridine rings is 1. The first-order valence-corrected chi connectivity index (χ1v) is 12.4. The van der Waals surface area contributed by atoms with Gasteiger partial charge in [-0.2, -0.15) is 13.2 Å². The molecule has 2 aliphatic heterocycles.